The third kappa shape index (κ3) is 3.94. The molecule has 0 fully saturated rings. The lowest BCUT2D eigenvalue weighted by molar-refractivity contribution is -0.114. The summed E-state index contributed by atoms with van der Waals surface area (Å²) < 4.78 is 0. The van der Waals surface area contributed by atoms with Gasteiger partial charge >= 0.3 is 0 Å². The Morgan fingerprint density at radius 1 is 1.00 bits per heavy atom. The first-order chi connectivity index (χ1) is 13.6. The number of nitrogens with zero attached hydrogens (tertiary/aromatic N) is 3. The third-order valence-electron chi connectivity index (χ3n) is 3.92. The second-order valence-electron chi connectivity index (χ2n) is 6.06. The standard InChI is InChI=1S/C19H16N6O2S/c1-11(26)20-12-6-8-13(9-7-12)21-16(27)10-28-19-23-18-17(24-25-19)14-4-2-3-5-15(14)22-18/h2-9H,10H2,1H3,(H,20,26)(H,21,27)(H,22,23,25). The molecular weight excluding hydrogens is 376 g/mol. The molecule has 8 nitrogen and oxygen atoms in total. The van der Waals surface area contributed by atoms with E-state index in [4.69, 9.17) is 0 Å². The lowest BCUT2D eigenvalue weighted by atomic mass is 10.2. The molecular formula is C19H16N6O2S. The van der Waals surface area contributed by atoms with E-state index in [-0.39, 0.29) is 17.6 Å². The molecule has 4 rings (SSSR count). The number of benzene rings is 2. The van der Waals surface area contributed by atoms with Gasteiger partial charge in [0.05, 0.1) is 5.75 Å². The Labute approximate surface area is 164 Å². The Balaban J connectivity index is 1.39. The molecule has 0 aliphatic heterocycles. The minimum atomic E-state index is -0.183. The third-order valence-corrected chi connectivity index (χ3v) is 4.76. The number of hydrogen-bond donors (Lipinski definition) is 3. The summed E-state index contributed by atoms with van der Waals surface area (Å²) in [7, 11) is 0. The Morgan fingerprint density at radius 2 is 1.71 bits per heavy atom. The monoisotopic (exact) mass is 392 g/mol. The van der Waals surface area contributed by atoms with E-state index in [0.717, 1.165) is 10.9 Å². The van der Waals surface area contributed by atoms with E-state index in [1.807, 2.05) is 24.3 Å². The number of aromatic nitrogens is 4. The summed E-state index contributed by atoms with van der Waals surface area (Å²) in [6.45, 7) is 1.44. The SMILES string of the molecule is CC(=O)Nc1ccc(NC(=O)CSc2nnc3c(n2)[nH]c2ccccc23)cc1. The van der Waals surface area contributed by atoms with Crippen LogP contribution in [0.3, 0.4) is 0 Å². The maximum Gasteiger partial charge on any atom is 0.234 e. The van der Waals surface area contributed by atoms with Crippen LogP contribution in [0.2, 0.25) is 0 Å². The average molecular weight is 392 g/mol. The summed E-state index contributed by atoms with van der Waals surface area (Å²) in [6, 6.07) is 14.7. The molecule has 140 valence electrons. The van der Waals surface area contributed by atoms with E-state index in [1.54, 1.807) is 24.3 Å². The average Bonchev–Trinajstić information content (AvgIpc) is 3.05. The van der Waals surface area contributed by atoms with Gasteiger partial charge in [0, 0.05) is 29.2 Å². The zero-order chi connectivity index (χ0) is 19.5. The molecule has 0 aliphatic carbocycles. The molecule has 9 heteroatoms. The van der Waals surface area contributed by atoms with Crippen molar-refractivity contribution < 1.29 is 9.59 Å². The van der Waals surface area contributed by atoms with Crippen molar-refractivity contribution >= 4 is 57.0 Å². The van der Waals surface area contributed by atoms with E-state index in [1.165, 1.54) is 18.7 Å². The minimum Gasteiger partial charge on any atom is -0.338 e. The van der Waals surface area contributed by atoms with Crippen LogP contribution >= 0.6 is 11.8 Å². The van der Waals surface area contributed by atoms with Gasteiger partial charge < -0.3 is 15.6 Å². The molecule has 0 unspecified atom stereocenters. The van der Waals surface area contributed by atoms with Crippen molar-refractivity contribution in [2.45, 2.75) is 12.1 Å². The summed E-state index contributed by atoms with van der Waals surface area (Å²) in [5.74, 6) is -0.174. The van der Waals surface area contributed by atoms with Crippen molar-refractivity contribution in [3.63, 3.8) is 0 Å². The molecule has 0 saturated heterocycles. The molecule has 2 amide bonds. The number of amides is 2. The number of fused-ring (bicyclic) bond motifs is 3. The fourth-order valence-electron chi connectivity index (χ4n) is 2.73. The van der Waals surface area contributed by atoms with Gasteiger partial charge in [-0.1, -0.05) is 30.0 Å². The molecule has 28 heavy (non-hydrogen) atoms. The Morgan fingerprint density at radius 3 is 2.46 bits per heavy atom. The van der Waals surface area contributed by atoms with Gasteiger partial charge in [-0.15, -0.1) is 10.2 Å². The second-order valence-corrected chi connectivity index (χ2v) is 7.00. The predicted octanol–water partition coefficient (Wildman–Crippen LogP) is 3.20. The zero-order valence-corrected chi connectivity index (χ0v) is 15.7. The summed E-state index contributed by atoms with van der Waals surface area (Å²) in [5, 5.41) is 15.2. The number of H-pyrrole nitrogens is 1. The van der Waals surface area contributed by atoms with E-state index in [2.05, 4.69) is 30.8 Å². The van der Waals surface area contributed by atoms with Crippen LogP contribution in [-0.2, 0) is 9.59 Å². The number of thioether (sulfide) groups is 1. The summed E-state index contributed by atoms with van der Waals surface area (Å²) in [5.41, 5.74) is 3.62. The number of nitrogens with one attached hydrogen (secondary N) is 3. The summed E-state index contributed by atoms with van der Waals surface area (Å²) in [6.07, 6.45) is 0. The number of hydrogen-bond acceptors (Lipinski definition) is 6. The molecule has 0 atom stereocenters. The Bertz CT molecular complexity index is 1170. The largest absolute Gasteiger partial charge is 0.338 e. The fourth-order valence-corrected chi connectivity index (χ4v) is 3.32. The lowest BCUT2D eigenvalue weighted by Gasteiger charge is -2.06. The molecule has 0 saturated carbocycles. The number of carbonyl (C=O) groups excluding carboxylic acids is 2. The molecule has 3 N–H and O–H groups in total. The Hall–Kier alpha value is -3.46. The molecule has 0 spiro atoms. The van der Waals surface area contributed by atoms with E-state index in [0.29, 0.717) is 27.7 Å². The van der Waals surface area contributed by atoms with Crippen molar-refractivity contribution in [2.75, 3.05) is 16.4 Å². The second kappa shape index (κ2) is 7.65. The smallest absolute Gasteiger partial charge is 0.234 e. The maximum absolute atomic E-state index is 12.2. The van der Waals surface area contributed by atoms with Crippen LogP contribution in [0.4, 0.5) is 11.4 Å². The van der Waals surface area contributed by atoms with Gasteiger partial charge in [0.15, 0.2) is 5.65 Å². The normalized spacial score (nSPS) is 10.9. The van der Waals surface area contributed by atoms with Crippen LogP contribution in [-0.4, -0.2) is 37.7 Å². The van der Waals surface area contributed by atoms with Gasteiger partial charge in [-0.2, -0.15) is 0 Å². The molecule has 0 aliphatic rings. The molecule has 4 aromatic rings. The van der Waals surface area contributed by atoms with Crippen molar-refractivity contribution in [1.82, 2.24) is 20.2 Å². The highest BCUT2D eigenvalue weighted by atomic mass is 32.2. The molecule has 2 heterocycles. The highest BCUT2D eigenvalue weighted by Crippen LogP contribution is 2.23. The first-order valence-electron chi connectivity index (χ1n) is 8.50. The summed E-state index contributed by atoms with van der Waals surface area (Å²) in [4.78, 5) is 30.8. The van der Waals surface area contributed by atoms with Crippen molar-refractivity contribution in [3.05, 3.63) is 48.5 Å². The topological polar surface area (TPSA) is 113 Å². The van der Waals surface area contributed by atoms with Crippen LogP contribution in [0.15, 0.2) is 53.7 Å². The Kier molecular flexibility index (Phi) is 4.90. The van der Waals surface area contributed by atoms with Gasteiger partial charge in [0.1, 0.15) is 5.52 Å². The van der Waals surface area contributed by atoms with Gasteiger partial charge in [0.25, 0.3) is 0 Å². The van der Waals surface area contributed by atoms with Gasteiger partial charge in [0.2, 0.25) is 17.0 Å². The first kappa shape index (κ1) is 17.9. The number of anilines is 2. The lowest BCUT2D eigenvalue weighted by Crippen LogP contribution is -2.14. The first-order valence-corrected chi connectivity index (χ1v) is 9.48. The van der Waals surface area contributed by atoms with Crippen molar-refractivity contribution in [1.29, 1.82) is 0 Å². The van der Waals surface area contributed by atoms with E-state index in [9.17, 15) is 9.59 Å². The molecule has 2 aromatic heterocycles. The van der Waals surface area contributed by atoms with E-state index < -0.39 is 0 Å². The number of aromatic amines is 1. The van der Waals surface area contributed by atoms with E-state index >= 15 is 0 Å². The maximum atomic E-state index is 12.2. The minimum absolute atomic E-state index is 0.145. The molecule has 0 bridgehead atoms. The van der Waals surface area contributed by atoms with Gasteiger partial charge in [-0.05, 0) is 30.3 Å². The van der Waals surface area contributed by atoms with Crippen molar-refractivity contribution in [3.8, 4) is 0 Å². The quantitative estimate of drug-likeness (QED) is 0.450. The van der Waals surface area contributed by atoms with Crippen LogP contribution in [0.25, 0.3) is 22.1 Å². The predicted molar refractivity (Wildman–Crippen MR) is 109 cm³/mol. The zero-order valence-electron chi connectivity index (χ0n) is 14.9. The van der Waals surface area contributed by atoms with Crippen LogP contribution in [0, 0.1) is 0 Å². The number of carbonyl (C=O) groups is 2. The molecule has 2 aromatic carbocycles. The fraction of sp³-hybridized carbons (Fsp3) is 0.105. The van der Waals surface area contributed by atoms with Crippen LogP contribution in [0.5, 0.6) is 0 Å². The van der Waals surface area contributed by atoms with Gasteiger partial charge in [-0.3, -0.25) is 9.59 Å². The number of rotatable bonds is 5. The van der Waals surface area contributed by atoms with Gasteiger partial charge in [-0.25, -0.2) is 4.98 Å². The summed E-state index contributed by atoms with van der Waals surface area (Å²) >= 11 is 1.21. The van der Waals surface area contributed by atoms with Crippen LogP contribution in [0.1, 0.15) is 6.92 Å². The molecule has 0 radical (unpaired) electrons. The van der Waals surface area contributed by atoms with Crippen LogP contribution < -0.4 is 10.6 Å². The highest BCUT2D eigenvalue weighted by molar-refractivity contribution is 7.99. The highest BCUT2D eigenvalue weighted by Gasteiger charge is 2.11. The van der Waals surface area contributed by atoms with Crippen molar-refractivity contribution in [2.24, 2.45) is 0 Å². The number of para-hydroxylation sites is 1.